The van der Waals surface area contributed by atoms with E-state index < -0.39 is 0 Å². The second-order valence-electron chi connectivity index (χ2n) is 6.14. The van der Waals surface area contributed by atoms with Crippen LogP contribution in [0.3, 0.4) is 0 Å². The van der Waals surface area contributed by atoms with Gasteiger partial charge in [-0.25, -0.2) is 0 Å². The lowest BCUT2D eigenvalue weighted by Gasteiger charge is -2.26. The van der Waals surface area contributed by atoms with E-state index in [0.717, 1.165) is 5.92 Å². The van der Waals surface area contributed by atoms with Gasteiger partial charge in [0.05, 0.1) is 5.60 Å². The summed E-state index contributed by atoms with van der Waals surface area (Å²) in [7, 11) is 1.91. The molecule has 2 fully saturated rings. The van der Waals surface area contributed by atoms with E-state index >= 15 is 0 Å². The zero-order valence-corrected chi connectivity index (χ0v) is 11.4. The van der Waals surface area contributed by atoms with Gasteiger partial charge in [0.25, 0.3) is 0 Å². The average Bonchev–Trinajstić information content (AvgIpc) is 3.16. The van der Waals surface area contributed by atoms with E-state index in [9.17, 15) is 0 Å². The van der Waals surface area contributed by atoms with E-state index in [1.807, 2.05) is 7.11 Å². The quantitative estimate of drug-likeness (QED) is 0.756. The molecule has 0 saturated heterocycles. The maximum absolute atomic E-state index is 5.92. The summed E-state index contributed by atoms with van der Waals surface area (Å²) < 4.78 is 5.92. The monoisotopic (exact) mass is 244 g/mol. The van der Waals surface area contributed by atoms with Gasteiger partial charge in [0.1, 0.15) is 0 Å². The second-order valence-corrected chi connectivity index (χ2v) is 6.14. The minimum absolute atomic E-state index is 0.170. The van der Waals surface area contributed by atoms with E-state index in [1.165, 1.54) is 50.5 Å². The normalized spacial score (nSPS) is 32.4. The van der Waals surface area contributed by atoms with Crippen molar-refractivity contribution in [3.05, 3.63) is 35.9 Å². The lowest BCUT2D eigenvalue weighted by molar-refractivity contribution is 0.0465. The number of hydrogen-bond donors (Lipinski definition) is 0. The molecule has 0 bridgehead atoms. The predicted octanol–water partition coefficient (Wildman–Crippen LogP) is 4.53. The Hall–Kier alpha value is -0.820. The van der Waals surface area contributed by atoms with Crippen LogP contribution in [0.2, 0.25) is 0 Å². The zero-order chi connectivity index (χ0) is 12.4. The van der Waals surface area contributed by atoms with Crippen LogP contribution < -0.4 is 0 Å². The van der Waals surface area contributed by atoms with Crippen LogP contribution in [0, 0.1) is 5.92 Å². The average molecular weight is 244 g/mol. The summed E-state index contributed by atoms with van der Waals surface area (Å²) in [5.41, 5.74) is 1.64. The zero-order valence-electron chi connectivity index (χ0n) is 11.4. The van der Waals surface area contributed by atoms with E-state index in [-0.39, 0.29) is 5.60 Å². The molecule has 98 valence electrons. The van der Waals surface area contributed by atoms with E-state index in [4.69, 9.17) is 4.74 Å². The molecule has 0 spiro atoms. The Balaban J connectivity index is 1.66. The summed E-state index contributed by atoms with van der Waals surface area (Å²) >= 11 is 0. The first-order valence-corrected chi connectivity index (χ1v) is 7.44. The van der Waals surface area contributed by atoms with Crippen LogP contribution in [0.1, 0.15) is 56.4 Å². The lowest BCUT2D eigenvalue weighted by Crippen LogP contribution is -2.21. The van der Waals surface area contributed by atoms with Crippen LogP contribution in [-0.2, 0) is 4.74 Å². The highest BCUT2D eigenvalue weighted by Gasteiger charge is 2.55. The van der Waals surface area contributed by atoms with E-state index in [1.54, 1.807) is 0 Å². The molecule has 0 aliphatic heterocycles. The van der Waals surface area contributed by atoms with Gasteiger partial charge in [0.15, 0.2) is 0 Å². The highest BCUT2D eigenvalue weighted by molar-refractivity contribution is 5.31. The van der Waals surface area contributed by atoms with Gasteiger partial charge in [0.2, 0.25) is 0 Å². The SMILES string of the molecule is COC1(CC2CCCCC2)CC1c1ccccc1. The molecule has 2 atom stereocenters. The standard InChI is InChI=1S/C17H24O/c1-18-17(12-14-8-4-2-5-9-14)13-16(17)15-10-6-3-7-11-15/h3,6-7,10-11,14,16H,2,4-5,8-9,12-13H2,1H3. The number of benzene rings is 1. The van der Waals surface area contributed by atoms with Crippen LogP contribution in [0.25, 0.3) is 0 Å². The molecule has 0 N–H and O–H groups in total. The highest BCUT2D eigenvalue weighted by atomic mass is 16.5. The summed E-state index contributed by atoms with van der Waals surface area (Å²) in [5, 5.41) is 0. The molecular weight excluding hydrogens is 220 g/mol. The van der Waals surface area contributed by atoms with Gasteiger partial charge in [-0.2, -0.15) is 0 Å². The highest BCUT2D eigenvalue weighted by Crippen LogP contribution is 2.58. The van der Waals surface area contributed by atoms with Gasteiger partial charge in [-0.3, -0.25) is 0 Å². The Morgan fingerprint density at radius 1 is 1.11 bits per heavy atom. The topological polar surface area (TPSA) is 9.23 Å². The fraction of sp³-hybridized carbons (Fsp3) is 0.647. The second kappa shape index (κ2) is 5.05. The molecule has 1 aromatic rings. The molecule has 1 nitrogen and oxygen atoms in total. The third-order valence-electron chi connectivity index (χ3n) is 4.99. The molecule has 0 aromatic heterocycles. The van der Waals surface area contributed by atoms with Gasteiger partial charge in [-0.1, -0.05) is 62.4 Å². The molecule has 3 rings (SSSR count). The van der Waals surface area contributed by atoms with Gasteiger partial charge < -0.3 is 4.74 Å². The molecule has 2 aliphatic carbocycles. The van der Waals surface area contributed by atoms with Crippen LogP contribution in [0.5, 0.6) is 0 Å². The largest absolute Gasteiger partial charge is 0.378 e. The molecule has 2 unspecified atom stereocenters. The molecule has 0 amide bonds. The summed E-state index contributed by atoms with van der Waals surface area (Å²) in [6.07, 6.45) is 9.66. The van der Waals surface area contributed by atoms with Crippen molar-refractivity contribution in [1.29, 1.82) is 0 Å². The maximum Gasteiger partial charge on any atom is 0.0757 e. The molecule has 2 saturated carbocycles. The van der Waals surface area contributed by atoms with Gasteiger partial charge in [-0.15, -0.1) is 0 Å². The van der Waals surface area contributed by atoms with Crippen LogP contribution in [0.15, 0.2) is 30.3 Å². The molecule has 18 heavy (non-hydrogen) atoms. The fourth-order valence-corrected chi connectivity index (χ4v) is 3.81. The number of methoxy groups -OCH3 is 1. The van der Waals surface area contributed by atoms with Gasteiger partial charge >= 0.3 is 0 Å². The van der Waals surface area contributed by atoms with E-state index in [0.29, 0.717) is 5.92 Å². The summed E-state index contributed by atoms with van der Waals surface area (Å²) in [6.45, 7) is 0. The Morgan fingerprint density at radius 3 is 2.50 bits per heavy atom. The van der Waals surface area contributed by atoms with Crippen LogP contribution in [-0.4, -0.2) is 12.7 Å². The van der Waals surface area contributed by atoms with Crippen molar-refractivity contribution in [3.63, 3.8) is 0 Å². The van der Waals surface area contributed by atoms with Crippen molar-refractivity contribution >= 4 is 0 Å². The van der Waals surface area contributed by atoms with E-state index in [2.05, 4.69) is 30.3 Å². The smallest absolute Gasteiger partial charge is 0.0757 e. The van der Waals surface area contributed by atoms with Crippen molar-refractivity contribution in [1.82, 2.24) is 0 Å². The number of hydrogen-bond acceptors (Lipinski definition) is 1. The van der Waals surface area contributed by atoms with Crippen molar-refractivity contribution in [3.8, 4) is 0 Å². The van der Waals surface area contributed by atoms with Crippen LogP contribution >= 0.6 is 0 Å². The molecule has 0 radical (unpaired) electrons. The Morgan fingerprint density at radius 2 is 1.83 bits per heavy atom. The lowest BCUT2D eigenvalue weighted by atomic mass is 9.84. The van der Waals surface area contributed by atoms with Crippen molar-refractivity contribution < 1.29 is 4.74 Å². The van der Waals surface area contributed by atoms with Gasteiger partial charge in [0, 0.05) is 13.0 Å². The molecule has 0 heterocycles. The summed E-state index contributed by atoms with van der Waals surface area (Å²) in [4.78, 5) is 0. The fourth-order valence-electron chi connectivity index (χ4n) is 3.81. The maximum atomic E-state index is 5.92. The minimum Gasteiger partial charge on any atom is -0.378 e. The first-order valence-electron chi connectivity index (χ1n) is 7.44. The molecule has 1 heteroatoms. The Labute approximate surface area is 111 Å². The first kappa shape index (κ1) is 12.2. The predicted molar refractivity (Wildman–Crippen MR) is 74.7 cm³/mol. The van der Waals surface area contributed by atoms with Crippen molar-refractivity contribution in [2.75, 3.05) is 7.11 Å². The third-order valence-corrected chi connectivity index (χ3v) is 4.99. The Bertz CT molecular complexity index is 380. The molecule has 2 aliphatic rings. The van der Waals surface area contributed by atoms with Crippen LogP contribution in [0.4, 0.5) is 0 Å². The molecular formula is C17H24O. The summed E-state index contributed by atoms with van der Waals surface area (Å²) in [6, 6.07) is 10.9. The summed E-state index contributed by atoms with van der Waals surface area (Å²) in [5.74, 6) is 1.55. The Kier molecular flexibility index (Phi) is 3.43. The van der Waals surface area contributed by atoms with Gasteiger partial charge in [-0.05, 0) is 24.3 Å². The number of ether oxygens (including phenoxy) is 1. The van der Waals surface area contributed by atoms with Crippen molar-refractivity contribution in [2.45, 2.75) is 56.5 Å². The number of rotatable bonds is 4. The minimum atomic E-state index is 0.170. The molecule has 1 aromatic carbocycles. The van der Waals surface area contributed by atoms with Crippen molar-refractivity contribution in [2.24, 2.45) is 5.92 Å². The third kappa shape index (κ3) is 2.33. The first-order chi connectivity index (χ1) is 8.84.